The Morgan fingerprint density at radius 1 is 1.03 bits per heavy atom. The molecular weight excluding hydrogens is 458 g/mol. The van der Waals surface area contributed by atoms with Gasteiger partial charge in [-0.05, 0) is 54.1 Å². The number of methoxy groups -OCH3 is 1. The number of nitrogens with one attached hydrogen (secondary N) is 1. The van der Waals surface area contributed by atoms with Crippen molar-refractivity contribution in [2.24, 2.45) is 0 Å². The molecule has 0 aliphatic carbocycles. The van der Waals surface area contributed by atoms with Gasteiger partial charge in [0.2, 0.25) is 11.7 Å². The summed E-state index contributed by atoms with van der Waals surface area (Å²) in [5, 5.41) is 7.14. The molecule has 0 radical (unpaired) electrons. The molecule has 0 aliphatic heterocycles. The third kappa shape index (κ3) is 5.19. The van der Waals surface area contributed by atoms with Gasteiger partial charge < -0.3 is 14.6 Å². The summed E-state index contributed by atoms with van der Waals surface area (Å²) in [6, 6.07) is 24.0. The van der Waals surface area contributed by atoms with E-state index < -0.39 is 6.04 Å². The van der Waals surface area contributed by atoms with Gasteiger partial charge in [0.25, 0.3) is 5.91 Å². The van der Waals surface area contributed by atoms with Crippen molar-refractivity contribution in [1.82, 2.24) is 15.5 Å². The summed E-state index contributed by atoms with van der Waals surface area (Å²) in [5.74, 6) is 1.28. The molecule has 0 bridgehead atoms. The molecule has 0 saturated heterocycles. The third-order valence-corrected chi connectivity index (χ3v) is 5.31. The highest BCUT2D eigenvalue weighted by Gasteiger charge is 2.23. The molecule has 7 heteroatoms. The van der Waals surface area contributed by atoms with E-state index in [1.54, 1.807) is 31.4 Å². The fourth-order valence-electron chi connectivity index (χ4n) is 3.13. The van der Waals surface area contributed by atoms with E-state index in [4.69, 9.17) is 9.26 Å². The Balaban J connectivity index is 1.59. The molecule has 1 amide bonds. The number of halogens is 1. The van der Waals surface area contributed by atoms with Crippen LogP contribution in [0.4, 0.5) is 0 Å². The molecule has 6 nitrogen and oxygen atoms in total. The van der Waals surface area contributed by atoms with Crippen LogP contribution in [0.3, 0.4) is 0 Å². The number of carbonyl (C=O) groups excluding carboxylic acids is 1. The summed E-state index contributed by atoms with van der Waals surface area (Å²) in [5.41, 5.74) is 2.40. The Morgan fingerprint density at radius 3 is 2.42 bits per heavy atom. The Labute approximate surface area is 188 Å². The van der Waals surface area contributed by atoms with Gasteiger partial charge in [-0.1, -0.05) is 51.4 Å². The Morgan fingerprint density at radius 2 is 1.74 bits per heavy atom. The smallest absolute Gasteiger partial charge is 0.251 e. The molecule has 4 aromatic rings. The number of carbonyl (C=O) groups is 1. The molecule has 1 heterocycles. The largest absolute Gasteiger partial charge is 0.497 e. The lowest BCUT2D eigenvalue weighted by Crippen LogP contribution is -2.30. The fourth-order valence-corrected chi connectivity index (χ4v) is 3.39. The zero-order valence-electron chi connectivity index (χ0n) is 16.8. The lowest BCUT2D eigenvalue weighted by molar-refractivity contribution is 0.0928. The maximum Gasteiger partial charge on any atom is 0.251 e. The molecule has 31 heavy (non-hydrogen) atoms. The van der Waals surface area contributed by atoms with Crippen LogP contribution < -0.4 is 10.1 Å². The van der Waals surface area contributed by atoms with Crippen LogP contribution in [-0.4, -0.2) is 23.2 Å². The van der Waals surface area contributed by atoms with Crippen LogP contribution >= 0.6 is 15.9 Å². The number of aromatic nitrogens is 2. The summed E-state index contributed by atoms with van der Waals surface area (Å²) < 4.78 is 11.7. The number of benzene rings is 3. The Hall–Kier alpha value is -3.45. The zero-order chi connectivity index (χ0) is 21.6. The van der Waals surface area contributed by atoms with Gasteiger partial charge in [-0.25, -0.2) is 0 Å². The number of rotatable bonds is 7. The molecule has 1 N–H and O–H groups in total. The molecule has 1 atom stereocenters. The van der Waals surface area contributed by atoms with Crippen LogP contribution in [-0.2, 0) is 6.42 Å². The predicted molar refractivity (Wildman–Crippen MR) is 121 cm³/mol. The van der Waals surface area contributed by atoms with Crippen LogP contribution in [0, 0.1) is 0 Å². The van der Waals surface area contributed by atoms with Crippen molar-refractivity contribution < 1.29 is 14.1 Å². The second kappa shape index (κ2) is 9.57. The minimum absolute atomic E-state index is 0.230. The quantitative estimate of drug-likeness (QED) is 0.394. The summed E-state index contributed by atoms with van der Waals surface area (Å²) in [6.45, 7) is 0. The second-order valence-electron chi connectivity index (χ2n) is 6.91. The van der Waals surface area contributed by atoms with E-state index in [0.29, 0.717) is 29.4 Å². The number of amides is 1. The van der Waals surface area contributed by atoms with Crippen molar-refractivity contribution in [3.63, 3.8) is 0 Å². The monoisotopic (exact) mass is 477 g/mol. The first-order chi connectivity index (χ1) is 15.1. The van der Waals surface area contributed by atoms with Crippen molar-refractivity contribution in [2.75, 3.05) is 7.11 Å². The molecule has 1 aromatic heterocycles. The van der Waals surface area contributed by atoms with Gasteiger partial charge >= 0.3 is 0 Å². The summed E-state index contributed by atoms with van der Waals surface area (Å²) in [6.07, 6.45) is 0.519. The van der Waals surface area contributed by atoms with E-state index in [1.807, 2.05) is 54.6 Å². The molecule has 0 spiro atoms. The van der Waals surface area contributed by atoms with Crippen LogP contribution in [0.15, 0.2) is 87.9 Å². The number of hydrogen-bond acceptors (Lipinski definition) is 5. The van der Waals surface area contributed by atoms with E-state index in [0.717, 1.165) is 15.6 Å². The minimum Gasteiger partial charge on any atom is -0.497 e. The van der Waals surface area contributed by atoms with Crippen molar-refractivity contribution >= 4 is 21.8 Å². The Bertz CT molecular complexity index is 1140. The Kier molecular flexibility index (Phi) is 6.43. The predicted octanol–water partition coefficient (Wildman–Crippen LogP) is 5.22. The van der Waals surface area contributed by atoms with Crippen LogP contribution in [0.5, 0.6) is 5.75 Å². The van der Waals surface area contributed by atoms with Crippen LogP contribution in [0.2, 0.25) is 0 Å². The standard InChI is InChI=1S/C24H20BrN3O3/c1-30-20-13-9-18(10-14-20)23(29)26-21(15-16-5-3-2-4-6-16)24-27-22(28-31-24)17-7-11-19(25)12-8-17/h2-14,21H,15H2,1H3,(H,26,29). The van der Waals surface area contributed by atoms with Gasteiger partial charge in [-0.3, -0.25) is 4.79 Å². The molecular formula is C24H20BrN3O3. The first-order valence-corrected chi connectivity index (χ1v) is 10.5. The second-order valence-corrected chi connectivity index (χ2v) is 7.82. The van der Waals surface area contributed by atoms with Gasteiger partial charge in [-0.15, -0.1) is 0 Å². The summed E-state index contributed by atoms with van der Waals surface area (Å²) in [4.78, 5) is 17.4. The van der Waals surface area contributed by atoms with Gasteiger partial charge in [0.1, 0.15) is 11.8 Å². The molecule has 4 rings (SSSR count). The van der Waals surface area contributed by atoms with E-state index in [2.05, 4.69) is 31.4 Å². The fraction of sp³-hybridized carbons (Fsp3) is 0.125. The summed E-state index contributed by atoms with van der Waals surface area (Å²) in [7, 11) is 1.59. The third-order valence-electron chi connectivity index (χ3n) is 4.78. The first kappa shape index (κ1) is 20.8. The average Bonchev–Trinajstić information content (AvgIpc) is 3.30. The lowest BCUT2D eigenvalue weighted by atomic mass is 10.1. The zero-order valence-corrected chi connectivity index (χ0v) is 18.4. The highest BCUT2D eigenvalue weighted by atomic mass is 79.9. The van der Waals surface area contributed by atoms with Gasteiger partial charge in [0.15, 0.2) is 0 Å². The number of hydrogen-bond donors (Lipinski definition) is 1. The normalized spacial score (nSPS) is 11.7. The number of nitrogens with zero attached hydrogens (tertiary/aromatic N) is 2. The lowest BCUT2D eigenvalue weighted by Gasteiger charge is -2.15. The van der Waals surface area contributed by atoms with Crippen LogP contribution in [0.25, 0.3) is 11.4 Å². The van der Waals surface area contributed by atoms with E-state index >= 15 is 0 Å². The highest BCUT2D eigenvalue weighted by Crippen LogP contribution is 2.23. The van der Waals surface area contributed by atoms with Gasteiger partial charge in [0, 0.05) is 22.0 Å². The maximum absolute atomic E-state index is 12.9. The average molecular weight is 478 g/mol. The molecule has 0 aliphatic rings. The van der Waals surface area contributed by atoms with Crippen molar-refractivity contribution in [3.05, 3.63) is 100 Å². The van der Waals surface area contributed by atoms with E-state index in [9.17, 15) is 4.79 Å². The molecule has 3 aromatic carbocycles. The molecule has 1 unspecified atom stereocenters. The summed E-state index contributed by atoms with van der Waals surface area (Å²) >= 11 is 3.42. The van der Waals surface area contributed by atoms with Crippen molar-refractivity contribution in [3.8, 4) is 17.1 Å². The number of ether oxygens (including phenoxy) is 1. The topological polar surface area (TPSA) is 77.2 Å². The van der Waals surface area contributed by atoms with Gasteiger partial charge in [-0.2, -0.15) is 4.98 Å². The molecule has 0 saturated carbocycles. The molecule has 0 fully saturated rings. The van der Waals surface area contributed by atoms with Crippen LogP contribution in [0.1, 0.15) is 27.9 Å². The van der Waals surface area contributed by atoms with Gasteiger partial charge in [0.05, 0.1) is 7.11 Å². The first-order valence-electron chi connectivity index (χ1n) is 9.71. The van der Waals surface area contributed by atoms with Crippen molar-refractivity contribution in [1.29, 1.82) is 0 Å². The maximum atomic E-state index is 12.9. The SMILES string of the molecule is COc1ccc(C(=O)NC(Cc2ccccc2)c2nc(-c3ccc(Br)cc3)no2)cc1. The highest BCUT2D eigenvalue weighted by molar-refractivity contribution is 9.10. The van der Waals surface area contributed by atoms with Crippen molar-refractivity contribution in [2.45, 2.75) is 12.5 Å². The van der Waals surface area contributed by atoms with E-state index in [1.165, 1.54) is 0 Å². The minimum atomic E-state index is -0.478. The molecule has 156 valence electrons. The van der Waals surface area contributed by atoms with E-state index in [-0.39, 0.29) is 5.91 Å².